The second-order valence-corrected chi connectivity index (χ2v) is 7.04. The summed E-state index contributed by atoms with van der Waals surface area (Å²) in [5.41, 5.74) is 5.30. The van der Waals surface area contributed by atoms with Gasteiger partial charge in [0.1, 0.15) is 24.7 Å². The molecule has 8 heteroatoms. The molecule has 0 bridgehead atoms. The fourth-order valence-electron chi connectivity index (χ4n) is 3.66. The number of hydrogen-bond donors (Lipinski definition) is 1. The van der Waals surface area contributed by atoms with Gasteiger partial charge in [0.2, 0.25) is 0 Å². The fraction of sp³-hybridized carbons (Fsp3) is 0.579. The first-order valence-corrected chi connectivity index (χ1v) is 9.32. The molecule has 0 radical (unpaired) electrons. The van der Waals surface area contributed by atoms with Crippen LogP contribution in [-0.4, -0.2) is 41.6 Å². The Kier molecular flexibility index (Phi) is 5.91. The maximum atomic E-state index is 12.3. The van der Waals surface area contributed by atoms with Crippen molar-refractivity contribution in [3.63, 3.8) is 0 Å². The molecule has 2 heterocycles. The van der Waals surface area contributed by atoms with E-state index in [-0.39, 0.29) is 18.5 Å². The molecule has 27 heavy (non-hydrogen) atoms. The Bertz CT molecular complexity index is 717. The van der Waals surface area contributed by atoms with Crippen molar-refractivity contribution in [1.82, 2.24) is 5.01 Å². The van der Waals surface area contributed by atoms with Gasteiger partial charge in [0.05, 0.1) is 5.92 Å². The molecule has 0 amide bonds. The minimum Gasteiger partial charge on any atom is -0.461 e. The van der Waals surface area contributed by atoms with Gasteiger partial charge in [0.15, 0.2) is 17.7 Å². The predicted molar refractivity (Wildman–Crippen MR) is 100 cm³/mol. The van der Waals surface area contributed by atoms with Crippen molar-refractivity contribution >= 4 is 18.1 Å². The van der Waals surface area contributed by atoms with Crippen LogP contribution >= 0.6 is 0 Å². The van der Waals surface area contributed by atoms with E-state index in [2.05, 4.69) is 22.7 Å². The summed E-state index contributed by atoms with van der Waals surface area (Å²) in [6.07, 6.45) is 10.1. The summed E-state index contributed by atoms with van der Waals surface area (Å²) in [4.78, 5) is 16.3. The molecule has 1 aliphatic carbocycles. The number of esters is 1. The lowest BCUT2D eigenvalue weighted by Gasteiger charge is -2.30. The van der Waals surface area contributed by atoms with E-state index in [4.69, 9.17) is 15.2 Å². The minimum absolute atomic E-state index is 0.0588. The van der Waals surface area contributed by atoms with Crippen molar-refractivity contribution in [2.45, 2.75) is 56.8 Å². The Morgan fingerprint density at radius 3 is 2.96 bits per heavy atom. The molecule has 8 nitrogen and oxygen atoms in total. The molecular weight excluding hydrogens is 346 g/mol. The first kappa shape index (κ1) is 19.1. The highest BCUT2D eigenvalue weighted by molar-refractivity contribution is 6.01. The van der Waals surface area contributed by atoms with E-state index < -0.39 is 11.8 Å². The van der Waals surface area contributed by atoms with Crippen LogP contribution in [0, 0.1) is 17.2 Å². The number of nitrogens with two attached hydrogens (primary N) is 1. The third-order valence-electron chi connectivity index (χ3n) is 5.18. The molecular formula is C19H25N5O3. The lowest BCUT2D eigenvalue weighted by Crippen LogP contribution is -2.41. The van der Waals surface area contributed by atoms with Crippen molar-refractivity contribution in [2.24, 2.45) is 21.7 Å². The van der Waals surface area contributed by atoms with Crippen molar-refractivity contribution in [3.05, 3.63) is 24.4 Å². The third-order valence-corrected chi connectivity index (χ3v) is 5.18. The van der Waals surface area contributed by atoms with Gasteiger partial charge >= 0.3 is 5.97 Å². The highest BCUT2D eigenvalue weighted by atomic mass is 16.6. The van der Waals surface area contributed by atoms with Crippen LogP contribution in [0.25, 0.3) is 0 Å². The van der Waals surface area contributed by atoms with Crippen molar-refractivity contribution in [3.8, 4) is 6.07 Å². The Labute approximate surface area is 159 Å². The zero-order valence-corrected chi connectivity index (χ0v) is 15.3. The average Bonchev–Trinajstić information content (AvgIpc) is 3.13. The topological polar surface area (TPSA) is 113 Å². The number of aliphatic imine (C=N–C) groups is 1. The van der Waals surface area contributed by atoms with Crippen LogP contribution in [-0.2, 0) is 14.3 Å². The first-order chi connectivity index (χ1) is 13.1. The monoisotopic (exact) mass is 371 g/mol. The summed E-state index contributed by atoms with van der Waals surface area (Å²) in [6, 6.07) is 2.18. The van der Waals surface area contributed by atoms with Crippen LogP contribution in [0.5, 0.6) is 0 Å². The van der Waals surface area contributed by atoms with E-state index in [1.165, 1.54) is 12.8 Å². The summed E-state index contributed by atoms with van der Waals surface area (Å²) in [5, 5.41) is 15.5. The Morgan fingerprint density at radius 2 is 2.26 bits per heavy atom. The Hall–Kier alpha value is -2.66. The summed E-state index contributed by atoms with van der Waals surface area (Å²) < 4.78 is 11.5. The van der Waals surface area contributed by atoms with E-state index in [1.807, 2.05) is 0 Å². The van der Waals surface area contributed by atoms with Crippen molar-refractivity contribution in [2.75, 3.05) is 6.61 Å². The van der Waals surface area contributed by atoms with Crippen LogP contribution in [0.15, 0.2) is 34.5 Å². The van der Waals surface area contributed by atoms with Gasteiger partial charge in [0, 0.05) is 0 Å². The van der Waals surface area contributed by atoms with Crippen LogP contribution in [0.4, 0.5) is 0 Å². The molecule has 0 aromatic rings. The smallest absolute Gasteiger partial charge is 0.309 e. The standard InChI is InChI=1S/C19H25N5O3/c1-2-6-15-17(21)22-13-23-24(15)16-9-10-19(11-20,27-16)12-26-18(25)14-7-4-3-5-8-14/h2,6,13-14,16H,1,3-5,7-10,12H2,(H2,21,22,23)/b15-6-/t16-,19?/m1/s1. The second kappa shape index (κ2) is 8.35. The molecule has 2 N–H and O–H groups in total. The number of rotatable bonds is 5. The van der Waals surface area contributed by atoms with E-state index >= 15 is 0 Å². The number of carbonyl (C=O) groups excluding carboxylic acids is 1. The highest BCUT2D eigenvalue weighted by Gasteiger charge is 2.45. The van der Waals surface area contributed by atoms with Gasteiger partial charge in [-0.05, 0) is 31.8 Å². The predicted octanol–water partition coefficient (Wildman–Crippen LogP) is 2.19. The van der Waals surface area contributed by atoms with Gasteiger partial charge in [0.25, 0.3) is 0 Å². The molecule has 2 aliphatic heterocycles. The number of nitriles is 1. The maximum Gasteiger partial charge on any atom is 0.309 e. The van der Waals surface area contributed by atoms with Gasteiger partial charge in [-0.1, -0.05) is 31.9 Å². The van der Waals surface area contributed by atoms with Gasteiger partial charge in [-0.3, -0.25) is 4.79 Å². The molecule has 1 unspecified atom stereocenters. The lowest BCUT2D eigenvalue weighted by molar-refractivity contribution is -0.159. The fourth-order valence-corrected chi connectivity index (χ4v) is 3.66. The van der Waals surface area contributed by atoms with E-state index in [9.17, 15) is 10.1 Å². The number of hydrazone groups is 1. The molecule has 0 aromatic carbocycles. The number of amidine groups is 1. The Balaban J connectivity index is 1.63. The number of ether oxygens (including phenoxy) is 2. The zero-order valence-electron chi connectivity index (χ0n) is 15.3. The SMILES string of the molecule is C=C/C=C1/C(N)=NC=NN1[C@H]1CCC(C#N)(COC(=O)C2CCCCC2)O1. The summed E-state index contributed by atoms with van der Waals surface area (Å²) in [7, 11) is 0. The van der Waals surface area contributed by atoms with Crippen LogP contribution in [0.2, 0.25) is 0 Å². The van der Waals surface area contributed by atoms with Crippen molar-refractivity contribution in [1.29, 1.82) is 5.26 Å². The van der Waals surface area contributed by atoms with E-state index in [0.717, 1.165) is 25.7 Å². The van der Waals surface area contributed by atoms with Gasteiger partial charge in [-0.2, -0.15) is 10.4 Å². The average molecular weight is 371 g/mol. The van der Waals surface area contributed by atoms with Crippen LogP contribution < -0.4 is 5.73 Å². The molecule has 0 spiro atoms. The van der Waals surface area contributed by atoms with E-state index in [1.54, 1.807) is 17.2 Å². The molecule has 2 fully saturated rings. The molecule has 3 rings (SSSR count). The number of allylic oxidation sites excluding steroid dienone is 2. The largest absolute Gasteiger partial charge is 0.461 e. The molecule has 2 atom stereocenters. The van der Waals surface area contributed by atoms with E-state index in [0.29, 0.717) is 24.4 Å². The lowest BCUT2D eigenvalue weighted by atomic mass is 9.89. The van der Waals surface area contributed by atoms with Crippen molar-refractivity contribution < 1.29 is 14.3 Å². The second-order valence-electron chi connectivity index (χ2n) is 7.04. The Morgan fingerprint density at radius 1 is 1.48 bits per heavy atom. The first-order valence-electron chi connectivity index (χ1n) is 9.32. The molecule has 144 valence electrons. The van der Waals surface area contributed by atoms with Gasteiger partial charge in [-0.25, -0.2) is 10.0 Å². The molecule has 1 saturated carbocycles. The number of carbonyl (C=O) groups is 1. The number of nitrogens with zero attached hydrogens (tertiary/aromatic N) is 4. The summed E-state index contributed by atoms with van der Waals surface area (Å²) in [6.45, 7) is 3.60. The number of hydrogen-bond acceptors (Lipinski definition) is 8. The molecule has 0 aromatic heterocycles. The third kappa shape index (κ3) is 4.19. The minimum atomic E-state index is -1.17. The highest BCUT2D eigenvalue weighted by Crippen LogP contribution is 2.35. The molecule has 3 aliphatic rings. The van der Waals surface area contributed by atoms with Gasteiger partial charge in [-0.15, -0.1) is 0 Å². The van der Waals surface area contributed by atoms with Crippen LogP contribution in [0.3, 0.4) is 0 Å². The quantitative estimate of drug-likeness (QED) is 0.741. The van der Waals surface area contributed by atoms with Crippen LogP contribution in [0.1, 0.15) is 44.9 Å². The summed E-state index contributed by atoms with van der Waals surface area (Å²) >= 11 is 0. The zero-order chi connectivity index (χ0) is 19.3. The normalized spacial score (nSPS) is 30.0. The molecule has 1 saturated heterocycles. The van der Waals surface area contributed by atoms with Gasteiger partial charge < -0.3 is 15.2 Å². The summed E-state index contributed by atoms with van der Waals surface area (Å²) in [5.74, 6) is 0.0131. The maximum absolute atomic E-state index is 12.3.